The fourth-order valence-electron chi connectivity index (χ4n) is 20.4. The number of aromatic nitrogens is 8. The Hall–Kier alpha value is -18.5. The molecule has 0 spiro atoms. The Balaban J connectivity index is 0.000000150. The minimum absolute atomic E-state index is 0.590. The lowest BCUT2D eigenvalue weighted by Crippen LogP contribution is -2.04. The van der Waals surface area contributed by atoms with E-state index in [-0.39, 0.29) is 0 Å². The van der Waals surface area contributed by atoms with Crippen molar-refractivity contribution in [3.8, 4) is 152 Å². The van der Waals surface area contributed by atoms with Gasteiger partial charge in [-0.2, -0.15) is 5.26 Å². The van der Waals surface area contributed by atoms with Gasteiger partial charge in [-0.05, 0) is 174 Å². The molecule has 10 heteroatoms. The highest BCUT2D eigenvalue weighted by Crippen LogP contribution is 2.50. The second-order valence-corrected chi connectivity index (χ2v) is 34.6. The zero-order valence-electron chi connectivity index (χ0n) is 74.4. The molecule has 0 atom stereocenters. The largest absolute Gasteiger partial charge is 0.309 e. The molecule has 0 fully saturated rings. The van der Waals surface area contributed by atoms with E-state index in [0.29, 0.717) is 22.9 Å². The maximum Gasteiger partial charge on any atom is 0.187 e. The van der Waals surface area contributed by atoms with Crippen molar-refractivity contribution in [2.24, 2.45) is 0 Å². The molecule has 0 bridgehead atoms. The highest BCUT2D eigenvalue weighted by atomic mass is 15.0. The van der Waals surface area contributed by atoms with Gasteiger partial charge >= 0.3 is 0 Å². The standard InChI is InChI=1S/C66H40N6.C60H42N4/c1-68-50-24-15-23-47(38-50)49-34-36-63-56(40-49)55-39-48(46-22-14-17-43(37-46)42-67)33-35-62(55)72(63)64-32-16-28-54(66-69-57(44-18-4-2-5-19-44)41-58(70-66)45-20-6-3-7-21-45)65(64)53-27-10-13-31-61(53)71-59-29-11-8-25-51(59)52-26-9-12-30-60(52)71;1-39-32-34-44(40(2)36-39)43-33-35-57-50(37-43)47-24-11-15-29-55(47)64(57)58-31-17-26-49(60-61-51(41-18-5-3-6-19-41)38-52(62-60)42-20-7-4-8-21-42)59(58)48-25-12-16-30-56(48)63-53-27-13-9-22-45(53)46-23-10-14-28-54(46)63/h2-41H;3-38H,1-2H3. The Bertz CT molecular complexity index is 8820. The number of nitriles is 1. The fourth-order valence-corrected chi connectivity index (χ4v) is 20.4. The van der Waals surface area contributed by atoms with Crippen LogP contribution >= 0.6 is 0 Å². The van der Waals surface area contributed by atoms with Crippen LogP contribution in [0.2, 0.25) is 0 Å². The molecule has 136 heavy (non-hydrogen) atoms. The van der Waals surface area contributed by atoms with E-state index in [4.69, 9.17) is 26.5 Å². The van der Waals surface area contributed by atoms with E-state index in [1.165, 1.54) is 54.6 Å². The van der Waals surface area contributed by atoms with Gasteiger partial charge in [0.2, 0.25) is 0 Å². The molecular formula is C126H82N10. The molecule has 0 radical (unpaired) electrons. The highest BCUT2D eigenvalue weighted by molar-refractivity contribution is 6.16. The lowest BCUT2D eigenvalue weighted by Gasteiger charge is -2.21. The fraction of sp³-hybridized carbons (Fsp3) is 0.0159. The van der Waals surface area contributed by atoms with Gasteiger partial charge in [0, 0.05) is 98.7 Å². The number of para-hydroxylation sites is 7. The van der Waals surface area contributed by atoms with Crippen molar-refractivity contribution >= 4 is 92.9 Å². The number of hydrogen-bond acceptors (Lipinski definition) is 5. The van der Waals surface area contributed by atoms with Crippen molar-refractivity contribution in [1.29, 1.82) is 5.26 Å². The van der Waals surface area contributed by atoms with E-state index in [1.54, 1.807) is 0 Å². The average molecular weight is 1740 g/mol. The molecule has 0 saturated carbocycles. The van der Waals surface area contributed by atoms with Gasteiger partial charge < -0.3 is 18.3 Å². The van der Waals surface area contributed by atoms with Gasteiger partial charge in [-0.15, -0.1) is 0 Å². The molecule has 10 nitrogen and oxygen atoms in total. The van der Waals surface area contributed by atoms with E-state index >= 15 is 0 Å². The van der Waals surface area contributed by atoms with Gasteiger partial charge in [-0.25, -0.2) is 24.8 Å². The van der Waals surface area contributed by atoms with E-state index in [9.17, 15) is 5.26 Å². The summed E-state index contributed by atoms with van der Waals surface area (Å²) in [5.41, 5.74) is 36.4. The van der Waals surface area contributed by atoms with Crippen LogP contribution < -0.4 is 0 Å². The minimum Gasteiger partial charge on any atom is -0.309 e. The lowest BCUT2D eigenvalue weighted by atomic mass is 9.94. The van der Waals surface area contributed by atoms with Gasteiger partial charge in [-0.3, -0.25) is 0 Å². The number of aryl methyl sites for hydroxylation is 2. The molecule has 0 amide bonds. The van der Waals surface area contributed by atoms with Gasteiger partial charge in [0.25, 0.3) is 0 Å². The Morgan fingerprint density at radius 3 is 0.934 bits per heavy atom. The van der Waals surface area contributed by atoms with Crippen LogP contribution in [0, 0.1) is 31.8 Å². The maximum atomic E-state index is 9.90. The van der Waals surface area contributed by atoms with Crippen LogP contribution in [0.3, 0.4) is 0 Å². The number of nitrogens with zero attached hydrogens (tertiary/aromatic N) is 10. The van der Waals surface area contributed by atoms with Crippen molar-refractivity contribution in [3.63, 3.8) is 0 Å². The van der Waals surface area contributed by atoms with Crippen molar-refractivity contribution in [3.05, 3.63) is 489 Å². The molecule has 0 N–H and O–H groups in total. The first kappa shape index (κ1) is 80.8. The molecular weight excluding hydrogens is 1650 g/mol. The summed E-state index contributed by atoms with van der Waals surface area (Å²) in [5.74, 6) is 1.26. The third kappa shape index (κ3) is 14.2. The zero-order valence-corrected chi connectivity index (χ0v) is 74.4. The van der Waals surface area contributed by atoms with Crippen LogP contribution in [0.25, 0.3) is 238 Å². The third-order valence-corrected chi connectivity index (χ3v) is 26.5. The second-order valence-electron chi connectivity index (χ2n) is 34.6. The lowest BCUT2D eigenvalue weighted by molar-refractivity contribution is 1.15. The molecule has 0 saturated heterocycles. The monoisotopic (exact) mass is 1730 g/mol. The van der Waals surface area contributed by atoms with E-state index in [1.807, 2.05) is 84.9 Å². The van der Waals surface area contributed by atoms with Crippen LogP contribution in [0.5, 0.6) is 0 Å². The van der Waals surface area contributed by atoms with Gasteiger partial charge in [0.15, 0.2) is 17.3 Å². The van der Waals surface area contributed by atoms with E-state index in [2.05, 4.69) is 419 Å². The predicted molar refractivity (Wildman–Crippen MR) is 562 cm³/mol. The quantitative estimate of drug-likeness (QED) is 0.0952. The van der Waals surface area contributed by atoms with Crippen LogP contribution in [-0.2, 0) is 0 Å². The van der Waals surface area contributed by atoms with Gasteiger partial charge in [0.05, 0.1) is 108 Å². The van der Waals surface area contributed by atoms with Crippen molar-refractivity contribution < 1.29 is 0 Å². The van der Waals surface area contributed by atoms with Crippen LogP contribution in [0.4, 0.5) is 5.69 Å². The summed E-state index contributed by atoms with van der Waals surface area (Å²) in [6.45, 7) is 12.2. The zero-order chi connectivity index (χ0) is 90.9. The Kier molecular flexibility index (Phi) is 20.3. The van der Waals surface area contributed by atoms with Crippen molar-refractivity contribution in [2.75, 3.05) is 0 Å². The minimum atomic E-state index is 0.590. The number of fused-ring (bicyclic) bond motifs is 12. The molecule has 0 unspecified atom stereocenters. The van der Waals surface area contributed by atoms with E-state index < -0.39 is 0 Å². The molecule has 25 aromatic rings. The number of rotatable bonds is 15. The molecule has 0 aliphatic rings. The summed E-state index contributed by atoms with van der Waals surface area (Å²) in [5, 5.41) is 19.2. The summed E-state index contributed by atoms with van der Waals surface area (Å²) in [4.78, 5) is 25.6. The first-order valence-corrected chi connectivity index (χ1v) is 45.8. The maximum absolute atomic E-state index is 9.90. The topological polar surface area (TPSA) is 99.4 Å². The van der Waals surface area contributed by atoms with Crippen LogP contribution in [0.15, 0.2) is 461 Å². The SMILES string of the molecule is Cc1ccc(-c2ccc3c(c2)c2ccccc2n3-c2cccc(-c3nc(-c4ccccc4)cc(-c4ccccc4)n3)c2-c2ccccc2-n2c3ccccc3c3ccccc32)c(C)c1.[C-]#[N+]c1cccc(-c2ccc3c(c2)c2cc(-c4cccc(C#N)c4)ccc2n3-c2cccc(-c3nc(-c4ccccc4)cc(-c4ccccc4)n3)c2-c2ccccc2-n2c3ccccc3c3ccccc32)c1. The molecule has 0 aliphatic carbocycles. The molecule has 6 heterocycles. The Labute approximate surface area is 786 Å². The summed E-state index contributed by atoms with van der Waals surface area (Å²) < 4.78 is 9.67. The normalized spacial score (nSPS) is 11.4. The molecule has 0 aliphatic heterocycles. The van der Waals surface area contributed by atoms with Crippen molar-refractivity contribution in [1.82, 2.24) is 38.2 Å². The number of hydrogen-bond donors (Lipinski definition) is 0. The van der Waals surface area contributed by atoms with E-state index in [0.717, 1.165) is 178 Å². The first-order chi connectivity index (χ1) is 67.2. The average Bonchev–Trinajstić information content (AvgIpc) is 1.56. The van der Waals surface area contributed by atoms with Gasteiger partial charge in [0.1, 0.15) is 0 Å². The van der Waals surface area contributed by atoms with Crippen LogP contribution in [-0.4, -0.2) is 38.2 Å². The Morgan fingerprint density at radius 2 is 0.529 bits per heavy atom. The molecule has 19 aromatic carbocycles. The molecule has 6 aromatic heterocycles. The number of benzene rings is 19. The van der Waals surface area contributed by atoms with Crippen LogP contribution in [0.1, 0.15) is 16.7 Å². The summed E-state index contributed by atoms with van der Waals surface area (Å²) >= 11 is 0. The molecule has 25 rings (SSSR count). The summed E-state index contributed by atoms with van der Waals surface area (Å²) in [6, 6.07) is 165. The Morgan fingerprint density at radius 1 is 0.228 bits per heavy atom. The molecule has 636 valence electrons. The van der Waals surface area contributed by atoms with Crippen molar-refractivity contribution in [2.45, 2.75) is 13.8 Å². The predicted octanol–water partition coefficient (Wildman–Crippen LogP) is 32.7. The first-order valence-electron chi connectivity index (χ1n) is 45.8. The second kappa shape index (κ2) is 34.1. The van der Waals surface area contributed by atoms with Gasteiger partial charge in [-0.1, -0.05) is 345 Å². The third-order valence-electron chi connectivity index (χ3n) is 26.5. The summed E-state index contributed by atoms with van der Waals surface area (Å²) in [6.07, 6.45) is 0. The highest BCUT2D eigenvalue weighted by Gasteiger charge is 2.29. The smallest absolute Gasteiger partial charge is 0.187 e. The summed E-state index contributed by atoms with van der Waals surface area (Å²) in [7, 11) is 0.